The molecule has 0 aliphatic carbocycles. The van der Waals surface area contributed by atoms with E-state index < -0.39 is 0 Å². The highest BCUT2D eigenvalue weighted by Crippen LogP contribution is 2.12. The van der Waals surface area contributed by atoms with Gasteiger partial charge in [0.15, 0.2) is 0 Å². The van der Waals surface area contributed by atoms with E-state index in [0.29, 0.717) is 17.8 Å². The first kappa shape index (κ1) is 11.0. The highest BCUT2D eigenvalue weighted by molar-refractivity contribution is 5.55. The zero-order valence-electron chi connectivity index (χ0n) is 9.38. The lowest BCUT2D eigenvalue weighted by atomic mass is 10.2. The number of aryl methyl sites for hydroxylation is 1. The van der Waals surface area contributed by atoms with Gasteiger partial charge in [0.05, 0.1) is 29.7 Å². The molecule has 5 heteroatoms. The Morgan fingerprint density at radius 2 is 2.24 bits per heavy atom. The van der Waals surface area contributed by atoms with E-state index in [1.807, 2.05) is 13.0 Å². The number of hydrogen-bond donors (Lipinski definition) is 1. The third-order valence-corrected chi connectivity index (χ3v) is 2.24. The molecular weight excluding hydrogens is 214 g/mol. The maximum Gasteiger partial charge on any atom is 0.125 e. The molecule has 0 radical (unpaired) electrons. The molecule has 0 saturated heterocycles. The van der Waals surface area contributed by atoms with Crippen molar-refractivity contribution in [2.75, 3.05) is 5.32 Å². The summed E-state index contributed by atoms with van der Waals surface area (Å²) in [6, 6.07) is 5.62. The van der Waals surface area contributed by atoms with Gasteiger partial charge in [-0.2, -0.15) is 5.26 Å². The van der Waals surface area contributed by atoms with Crippen molar-refractivity contribution < 1.29 is 0 Å². The van der Waals surface area contributed by atoms with Crippen LogP contribution in [0, 0.1) is 18.3 Å². The monoisotopic (exact) mass is 225 g/mol. The summed E-state index contributed by atoms with van der Waals surface area (Å²) in [5.41, 5.74) is 2.17. The van der Waals surface area contributed by atoms with Gasteiger partial charge in [0, 0.05) is 12.4 Å². The SMILES string of the molecule is Cc1nccc(CNc2cnccc2C#N)n1. The van der Waals surface area contributed by atoms with E-state index in [9.17, 15) is 0 Å². The van der Waals surface area contributed by atoms with Crippen LogP contribution >= 0.6 is 0 Å². The molecule has 84 valence electrons. The lowest BCUT2D eigenvalue weighted by molar-refractivity contribution is 0.954. The summed E-state index contributed by atoms with van der Waals surface area (Å²) in [4.78, 5) is 12.3. The van der Waals surface area contributed by atoms with Crippen molar-refractivity contribution in [1.82, 2.24) is 15.0 Å². The molecule has 1 N–H and O–H groups in total. The third kappa shape index (κ3) is 2.75. The highest BCUT2D eigenvalue weighted by atomic mass is 14.9. The maximum absolute atomic E-state index is 8.92. The number of anilines is 1. The number of pyridine rings is 1. The van der Waals surface area contributed by atoms with Crippen molar-refractivity contribution >= 4 is 5.69 Å². The Labute approximate surface area is 99.2 Å². The first-order chi connectivity index (χ1) is 8.29. The van der Waals surface area contributed by atoms with Crippen molar-refractivity contribution in [3.05, 3.63) is 47.8 Å². The van der Waals surface area contributed by atoms with E-state index in [1.165, 1.54) is 0 Å². The van der Waals surface area contributed by atoms with Crippen molar-refractivity contribution in [2.45, 2.75) is 13.5 Å². The van der Waals surface area contributed by atoms with Crippen LogP contribution in [0.2, 0.25) is 0 Å². The molecule has 0 bridgehead atoms. The van der Waals surface area contributed by atoms with Crippen LogP contribution in [-0.4, -0.2) is 15.0 Å². The summed E-state index contributed by atoms with van der Waals surface area (Å²) in [7, 11) is 0. The van der Waals surface area contributed by atoms with Crippen LogP contribution in [0.5, 0.6) is 0 Å². The highest BCUT2D eigenvalue weighted by Gasteiger charge is 2.01. The Bertz CT molecular complexity index is 559. The summed E-state index contributed by atoms with van der Waals surface area (Å²) >= 11 is 0. The summed E-state index contributed by atoms with van der Waals surface area (Å²) in [5.74, 6) is 0.732. The van der Waals surface area contributed by atoms with Crippen LogP contribution in [0.3, 0.4) is 0 Å². The zero-order valence-corrected chi connectivity index (χ0v) is 9.38. The molecule has 0 aromatic carbocycles. The molecule has 0 unspecified atom stereocenters. The summed E-state index contributed by atoms with van der Waals surface area (Å²) in [5, 5.41) is 12.0. The number of rotatable bonds is 3. The van der Waals surface area contributed by atoms with E-state index in [1.54, 1.807) is 24.7 Å². The van der Waals surface area contributed by atoms with Crippen LogP contribution in [0.1, 0.15) is 17.1 Å². The first-order valence-electron chi connectivity index (χ1n) is 5.16. The average Bonchev–Trinajstić information content (AvgIpc) is 2.37. The van der Waals surface area contributed by atoms with Gasteiger partial charge in [-0.25, -0.2) is 9.97 Å². The van der Waals surface area contributed by atoms with Gasteiger partial charge in [0.1, 0.15) is 11.9 Å². The molecule has 5 nitrogen and oxygen atoms in total. The Morgan fingerprint density at radius 1 is 1.35 bits per heavy atom. The summed E-state index contributed by atoms with van der Waals surface area (Å²) in [6.07, 6.45) is 4.94. The van der Waals surface area contributed by atoms with E-state index in [4.69, 9.17) is 5.26 Å². The van der Waals surface area contributed by atoms with Gasteiger partial charge in [-0.05, 0) is 19.1 Å². The molecule has 2 heterocycles. The lowest BCUT2D eigenvalue weighted by Gasteiger charge is -2.06. The molecule has 2 rings (SSSR count). The fraction of sp³-hybridized carbons (Fsp3) is 0.167. The Hall–Kier alpha value is -2.48. The number of nitrogens with zero attached hydrogens (tertiary/aromatic N) is 4. The van der Waals surface area contributed by atoms with Crippen molar-refractivity contribution in [3.63, 3.8) is 0 Å². The van der Waals surface area contributed by atoms with Gasteiger partial charge >= 0.3 is 0 Å². The van der Waals surface area contributed by atoms with Gasteiger partial charge in [0.2, 0.25) is 0 Å². The number of hydrogen-bond acceptors (Lipinski definition) is 5. The molecule has 0 saturated carbocycles. The van der Waals surface area contributed by atoms with E-state index in [0.717, 1.165) is 11.5 Å². The lowest BCUT2D eigenvalue weighted by Crippen LogP contribution is -2.04. The van der Waals surface area contributed by atoms with E-state index in [2.05, 4.69) is 26.3 Å². The molecular formula is C12H11N5. The Kier molecular flexibility index (Phi) is 3.26. The van der Waals surface area contributed by atoms with Crippen LogP contribution in [0.4, 0.5) is 5.69 Å². The predicted molar refractivity (Wildman–Crippen MR) is 63.0 cm³/mol. The molecule has 0 fully saturated rings. The Balaban J connectivity index is 2.10. The number of nitriles is 1. The normalized spacial score (nSPS) is 9.65. The smallest absolute Gasteiger partial charge is 0.125 e. The Morgan fingerprint density at radius 3 is 3.00 bits per heavy atom. The fourth-order valence-corrected chi connectivity index (χ4v) is 1.42. The van der Waals surface area contributed by atoms with Gasteiger partial charge in [0.25, 0.3) is 0 Å². The second-order valence-electron chi connectivity index (χ2n) is 3.48. The zero-order chi connectivity index (χ0) is 12.1. The first-order valence-corrected chi connectivity index (χ1v) is 5.16. The second kappa shape index (κ2) is 5.03. The van der Waals surface area contributed by atoms with Crippen LogP contribution < -0.4 is 5.32 Å². The van der Waals surface area contributed by atoms with E-state index >= 15 is 0 Å². The molecule has 0 aliphatic heterocycles. The predicted octanol–water partition coefficient (Wildman–Crippen LogP) is 1.66. The summed E-state index contributed by atoms with van der Waals surface area (Å²) in [6.45, 7) is 2.39. The standard InChI is InChI=1S/C12H11N5/c1-9-15-5-3-11(17-9)7-16-12-8-14-4-2-10(12)6-13/h2-5,8,16H,7H2,1H3. The van der Waals surface area contributed by atoms with Gasteiger partial charge < -0.3 is 5.32 Å². The topological polar surface area (TPSA) is 74.5 Å². The molecule has 2 aromatic rings. The van der Waals surface area contributed by atoms with Crippen LogP contribution in [-0.2, 0) is 6.54 Å². The number of nitrogens with one attached hydrogen (secondary N) is 1. The van der Waals surface area contributed by atoms with Crippen molar-refractivity contribution in [1.29, 1.82) is 5.26 Å². The van der Waals surface area contributed by atoms with Gasteiger partial charge in [-0.1, -0.05) is 0 Å². The second-order valence-corrected chi connectivity index (χ2v) is 3.48. The molecule has 17 heavy (non-hydrogen) atoms. The minimum absolute atomic E-state index is 0.545. The minimum Gasteiger partial charge on any atom is -0.377 e. The van der Waals surface area contributed by atoms with Crippen LogP contribution in [0.15, 0.2) is 30.7 Å². The molecule has 2 aromatic heterocycles. The van der Waals surface area contributed by atoms with Gasteiger partial charge in [-0.15, -0.1) is 0 Å². The van der Waals surface area contributed by atoms with Crippen LogP contribution in [0.25, 0.3) is 0 Å². The third-order valence-electron chi connectivity index (χ3n) is 2.24. The molecule has 0 spiro atoms. The minimum atomic E-state index is 0.545. The van der Waals surface area contributed by atoms with E-state index in [-0.39, 0.29) is 0 Å². The largest absolute Gasteiger partial charge is 0.377 e. The molecule has 0 atom stereocenters. The molecule has 0 aliphatic rings. The van der Waals surface area contributed by atoms with Crippen molar-refractivity contribution in [3.8, 4) is 6.07 Å². The van der Waals surface area contributed by atoms with Crippen molar-refractivity contribution in [2.24, 2.45) is 0 Å². The maximum atomic E-state index is 8.92. The average molecular weight is 225 g/mol. The van der Waals surface area contributed by atoms with Gasteiger partial charge in [-0.3, -0.25) is 4.98 Å². The number of aromatic nitrogens is 3. The fourth-order valence-electron chi connectivity index (χ4n) is 1.42. The summed E-state index contributed by atoms with van der Waals surface area (Å²) < 4.78 is 0. The molecule has 0 amide bonds. The quantitative estimate of drug-likeness (QED) is 0.859.